The Kier molecular flexibility index (Phi) is 10.3. The lowest BCUT2D eigenvalue weighted by Crippen LogP contribution is -2.42. The van der Waals surface area contributed by atoms with Crippen LogP contribution in [0.4, 0.5) is 0 Å². The lowest BCUT2D eigenvalue weighted by Gasteiger charge is -2.38. The van der Waals surface area contributed by atoms with Crippen molar-refractivity contribution in [2.24, 2.45) is 5.92 Å². The van der Waals surface area contributed by atoms with Crippen molar-refractivity contribution in [1.82, 2.24) is 0 Å². The molecule has 24 heavy (non-hydrogen) atoms. The van der Waals surface area contributed by atoms with Crippen LogP contribution in [0, 0.1) is 5.92 Å². The van der Waals surface area contributed by atoms with Crippen molar-refractivity contribution in [2.45, 2.75) is 83.8 Å². The summed E-state index contributed by atoms with van der Waals surface area (Å²) in [6.45, 7) is 7.85. The fourth-order valence-electron chi connectivity index (χ4n) is 2.89. The molecule has 0 aromatic heterocycles. The van der Waals surface area contributed by atoms with E-state index >= 15 is 0 Å². The van der Waals surface area contributed by atoms with E-state index in [2.05, 4.69) is 26.0 Å². The summed E-state index contributed by atoms with van der Waals surface area (Å²) in [7, 11) is -3.52. The maximum atomic E-state index is 11.1. The maximum Gasteiger partial charge on any atom is 0.264 e. The van der Waals surface area contributed by atoms with E-state index in [0.29, 0.717) is 19.3 Å². The maximum absolute atomic E-state index is 11.1. The summed E-state index contributed by atoms with van der Waals surface area (Å²) in [5.41, 5.74) is -2.11. The number of hydrogen-bond acceptors (Lipinski definition) is 5. The molecule has 6 heteroatoms. The molecule has 3 atom stereocenters. The zero-order chi connectivity index (χ0) is 18.9. The molecule has 0 aliphatic carbocycles. The predicted octanol–water partition coefficient (Wildman–Crippen LogP) is 3.41. The van der Waals surface area contributed by atoms with Crippen LogP contribution in [0.25, 0.3) is 0 Å². The van der Waals surface area contributed by atoms with Crippen molar-refractivity contribution in [1.29, 1.82) is 0 Å². The van der Waals surface area contributed by atoms with Gasteiger partial charge in [-0.2, -0.15) is 8.42 Å². The molecule has 5 nitrogen and oxygen atoms in total. The Labute approximate surface area is 148 Å². The van der Waals surface area contributed by atoms with Crippen LogP contribution < -0.4 is 0 Å². The van der Waals surface area contributed by atoms with Gasteiger partial charge in [0.05, 0.1) is 24.1 Å². The van der Waals surface area contributed by atoms with Gasteiger partial charge in [0.1, 0.15) is 0 Å². The second kappa shape index (κ2) is 10.5. The van der Waals surface area contributed by atoms with Gasteiger partial charge in [-0.25, -0.2) is 0 Å². The third kappa shape index (κ3) is 9.77. The molecule has 1 unspecified atom stereocenters. The zero-order valence-corrected chi connectivity index (χ0v) is 16.7. The van der Waals surface area contributed by atoms with E-state index in [1.165, 1.54) is 0 Å². The molecule has 0 radical (unpaired) electrons. The van der Waals surface area contributed by atoms with Crippen LogP contribution in [-0.4, -0.2) is 42.7 Å². The lowest BCUT2D eigenvalue weighted by molar-refractivity contribution is -0.0840. The van der Waals surface area contributed by atoms with Gasteiger partial charge in [-0.05, 0) is 38.0 Å². The summed E-state index contributed by atoms with van der Waals surface area (Å²) in [6, 6.07) is 0. The van der Waals surface area contributed by atoms with Crippen LogP contribution in [0.5, 0.6) is 0 Å². The molecule has 144 valence electrons. The van der Waals surface area contributed by atoms with E-state index in [-0.39, 0.29) is 25.4 Å². The first kappa shape index (κ1) is 23.6. The van der Waals surface area contributed by atoms with Crippen molar-refractivity contribution in [3.63, 3.8) is 0 Å². The molecule has 2 N–H and O–H groups in total. The van der Waals surface area contributed by atoms with Crippen LogP contribution >= 0.6 is 0 Å². The van der Waals surface area contributed by atoms with E-state index in [4.69, 9.17) is 4.18 Å². The van der Waals surface area contributed by atoms with Gasteiger partial charge in [0, 0.05) is 12.8 Å². The molecule has 0 amide bonds. The summed E-state index contributed by atoms with van der Waals surface area (Å²) in [5, 5.41) is 21.8. The smallest absolute Gasteiger partial charge is 0.264 e. The second-order valence-corrected chi connectivity index (χ2v) is 8.46. The van der Waals surface area contributed by atoms with Crippen molar-refractivity contribution in [3.8, 4) is 0 Å². The first-order valence-electron chi connectivity index (χ1n) is 8.99. The van der Waals surface area contributed by atoms with Crippen LogP contribution in [0.15, 0.2) is 12.2 Å². The minimum absolute atomic E-state index is 0.0735. The fourth-order valence-corrected chi connectivity index (χ4v) is 3.28. The summed E-state index contributed by atoms with van der Waals surface area (Å²) in [5.74, 6) is 0.267. The highest BCUT2D eigenvalue weighted by atomic mass is 32.2. The Hall–Kier alpha value is -0.430. The van der Waals surface area contributed by atoms with E-state index in [0.717, 1.165) is 19.1 Å². The lowest BCUT2D eigenvalue weighted by atomic mass is 9.76. The van der Waals surface area contributed by atoms with Gasteiger partial charge in [-0.15, -0.1) is 0 Å². The van der Waals surface area contributed by atoms with Gasteiger partial charge in [0.2, 0.25) is 0 Å². The summed E-state index contributed by atoms with van der Waals surface area (Å²) in [6.07, 6.45) is 9.09. The topological polar surface area (TPSA) is 83.8 Å². The summed E-state index contributed by atoms with van der Waals surface area (Å²) < 4.78 is 26.9. The standard InChI is InChI=1S/C18H36O5S/c1-6-10-11-16(7-2)14-18(20,9-4)15-17(19,8-3)12-13-23-24(5,21)22/h10-11,16,19-20H,6-9,12-15H2,1-5H3/b11-10+/t16-,17-,18?/m1/s1. The van der Waals surface area contributed by atoms with Crippen LogP contribution in [0.2, 0.25) is 0 Å². The highest BCUT2D eigenvalue weighted by Gasteiger charge is 2.37. The van der Waals surface area contributed by atoms with Gasteiger partial charge < -0.3 is 10.2 Å². The molecule has 0 rings (SSSR count). The van der Waals surface area contributed by atoms with E-state index < -0.39 is 21.3 Å². The molecule has 0 saturated heterocycles. The Balaban J connectivity index is 4.95. The molecule has 0 aromatic rings. The molecular weight excluding hydrogens is 328 g/mol. The van der Waals surface area contributed by atoms with Crippen LogP contribution in [-0.2, 0) is 14.3 Å². The Bertz CT molecular complexity index is 474. The summed E-state index contributed by atoms with van der Waals surface area (Å²) in [4.78, 5) is 0. The Morgan fingerprint density at radius 1 is 1.08 bits per heavy atom. The number of hydrogen-bond donors (Lipinski definition) is 2. The average molecular weight is 365 g/mol. The predicted molar refractivity (Wildman–Crippen MR) is 98.3 cm³/mol. The van der Waals surface area contributed by atoms with Crippen molar-refractivity contribution in [3.05, 3.63) is 12.2 Å². The number of allylic oxidation sites excluding steroid dienone is 2. The SMILES string of the molecule is CC/C=C/[C@@H](CC)CC(O)(CC)C[C@@](O)(CC)CCOS(C)(=O)=O. The minimum Gasteiger partial charge on any atom is -0.390 e. The number of rotatable bonds is 13. The molecule has 0 spiro atoms. The molecule has 0 heterocycles. The molecule has 0 saturated carbocycles. The van der Waals surface area contributed by atoms with Crippen LogP contribution in [0.1, 0.15) is 72.6 Å². The summed E-state index contributed by atoms with van der Waals surface area (Å²) >= 11 is 0. The first-order chi connectivity index (χ1) is 11.0. The van der Waals surface area contributed by atoms with E-state index in [9.17, 15) is 18.6 Å². The highest BCUT2D eigenvalue weighted by molar-refractivity contribution is 7.85. The first-order valence-corrected chi connectivity index (χ1v) is 10.8. The van der Waals surface area contributed by atoms with Gasteiger partial charge in [0.25, 0.3) is 10.1 Å². The fraction of sp³-hybridized carbons (Fsp3) is 0.889. The average Bonchev–Trinajstić information content (AvgIpc) is 2.50. The molecule has 0 aliphatic rings. The largest absolute Gasteiger partial charge is 0.390 e. The quantitative estimate of drug-likeness (QED) is 0.386. The van der Waals surface area contributed by atoms with Gasteiger partial charge in [0.15, 0.2) is 0 Å². The normalized spacial score (nSPS) is 19.1. The molecular formula is C18H36O5S. The van der Waals surface area contributed by atoms with Gasteiger partial charge >= 0.3 is 0 Å². The second-order valence-electron chi connectivity index (χ2n) is 6.82. The van der Waals surface area contributed by atoms with E-state index in [1.807, 2.05) is 13.8 Å². The van der Waals surface area contributed by atoms with Crippen LogP contribution in [0.3, 0.4) is 0 Å². The highest BCUT2D eigenvalue weighted by Crippen LogP contribution is 2.35. The molecule has 0 aromatic carbocycles. The van der Waals surface area contributed by atoms with Crippen molar-refractivity contribution in [2.75, 3.05) is 12.9 Å². The monoisotopic (exact) mass is 364 g/mol. The van der Waals surface area contributed by atoms with Crippen molar-refractivity contribution < 1.29 is 22.8 Å². The van der Waals surface area contributed by atoms with Crippen molar-refractivity contribution >= 4 is 10.1 Å². The minimum atomic E-state index is -3.52. The molecule has 0 bridgehead atoms. The number of aliphatic hydroxyl groups is 2. The van der Waals surface area contributed by atoms with Gasteiger partial charge in [-0.1, -0.05) is 39.8 Å². The van der Waals surface area contributed by atoms with Gasteiger partial charge in [-0.3, -0.25) is 4.18 Å². The van der Waals surface area contributed by atoms with E-state index in [1.54, 1.807) is 0 Å². The Morgan fingerprint density at radius 2 is 1.67 bits per heavy atom. The molecule has 0 aliphatic heterocycles. The zero-order valence-electron chi connectivity index (χ0n) is 15.9. The third-order valence-corrected chi connectivity index (χ3v) is 5.24. The molecule has 0 fully saturated rings. The Morgan fingerprint density at radius 3 is 2.08 bits per heavy atom. The third-order valence-electron chi connectivity index (χ3n) is 4.65.